The maximum atomic E-state index is 13.2. The summed E-state index contributed by atoms with van der Waals surface area (Å²) in [4.78, 5) is 28.6. The lowest BCUT2D eigenvalue weighted by Gasteiger charge is -2.28. The number of aromatic nitrogens is 4. The number of unbranched alkanes of at least 4 members (excludes halogenated alkanes) is 1. The lowest BCUT2D eigenvalue weighted by Crippen LogP contribution is -2.37. The van der Waals surface area contributed by atoms with Crippen LogP contribution in [0.4, 0.5) is 0 Å². The monoisotopic (exact) mass is 423 g/mol. The third kappa shape index (κ3) is 5.06. The van der Waals surface area contributed by atoms with Gasteiger partial charge in [0.2, 0.25) is 11.8 Å². The van der Waals surface area contributed by atoms with Crippen molar-refractivity contribution in [3.05, 3.63) is 41.7 Å². The molecule has 10 nitrogen and oxygen atoms in total. The van der Waals surface area contributed by atoms with E-state index in [4.69, 9.17) is 15.5 Å². The third-order valence-electron chi connectivity index (χ3n) is 4.74. The number of nitrogens with one attached hydrogen (secondary N) is 1. The number of fused-ring (bicyclic) bond motifs is 1. The fourth-order valence-corrected chi connectivity index (χ4v) is 3.23. The number of hydrogen-bond donors (Lipinski definition) is 2. The molecule has 0 fully saturated rings. The van der Waals surface area contributed by atoms with Crippen molar-refractivity contribution in [2.24, 2.45) is 11.1 Å². The molecule has 162 valence electrons. The van der Waals surface area contributed by atoms with Crippen LogP contribution < -0.4 is 11.1 Å². The van der Waals surface area contributed by atoms with Crippen LogP contribution in [-0.2, 0) is 17.8 Å². The van der Waals surface area contributed by atoms with Gasteiger partial charge in [0.05, 0.1) is 18.0 Å². The molecule has 1 aromatic carbocycles. The van der Waals surface area contributed by atoms with Gasteiger partial charge in [-0.1, -0.05) is 44.1 Å². The Labute approximate surface area is 179 Å². The average molecular weight is 423 g/mol. The van der Waals surface area contributed by atoms with Crippen LogP contribution in [0.5, 0.6) is 0 Å². The first-order valence-electron chi connectivity index (χ1n) is 9.95. The summed E-state index contributed by atoms with van der Waals surface area (Å²) < 4.78 is 7.05. The molecular formula is C21H25N7O3. The third-order valence-corrected chi connectivity index (χ3v) is 4.74. The van der Waals surface area contributed by atoms with Crippen LogP contribution in [0.3, 0.4) is 0 Å². The summed E-state index contributed by atoms with van der Waals surface area (Å²) in [7, 11) is 0. The highest BCUT2D eigenvalue weighted by molar-refractivity contribution is 6.05. The van der Waals surface area contributed by atoms with E-state index in [0.717, 1.165) is 5.52 Å². The number of rotatable bonds is 8. The molecule has 0 radical (unpaired) electrons. The number of aryl methyl sites for hydroxylation is 1. The second-order valence-corrected chi connectivity index (χ2v) is 8.31. The number of hydrogen-bond acceptors (Lipinski definition) is 7. The van der Waals surface area contributed by atoms with Crippen LogP contribution in [-0.4, -0.2) is 31.7 Å². The number of nitrogens with two attached hydrogens (primary N) is 1. The van der Waals surface area contributed by atoms with Crippen molar-refractivity contribution in [1.82, 2.24) is 25.2 Å². The molecule has 3 N–H and O–H groups in total. The lowest BCUT2D eigenvalue weighted by molar-refractivity contribution is -0.117. The minimum absolute atomic E-state index is 0.147. The Morgan fingerprint density at radius 2 is 2.06 bits per heavy atom. The van der Waals surface area contributed by atoms with Crippen LogP contribution >= 0.6 is 0 Å². The quantitative estimate of drug-likeness (QED) is 0.527. The summed E-state index contributed by atoms with van der Waals surface area (Å²) in [6.07, 6.45) is 0.900. The first-order chi connectivity index (χ1) is 14.7. The van der Waals surface area contributed by atoms with Gasteiger partial charge < -0.3 is 15.6 Å². The summed E-state index contributed by atoms with van der Waals surface area (Å²) in [6.45, 7) is 6.31. The lowest BCUT2D eigenvalue weighted by atomic mass is 9.86. The fraction of sp³-hybridized carbons (Fsp3) is 0.429. The van der Waals surface area contributed by atoms with Crippen LogP contribution in [0, 0.1) is 16.7 Å². The molecular weight excluding hydrogens is 398 g/mol. The maximum Gasteiger partial charge on any atom is 0.273 e. The molecule has 0 saturated heterocycles. The zero-order valence-corrected chi connectivity index (χ0v) is 17.8. The Balaban J connectivity index is 1.90. The number of nitriles is 1. The van der Waals surface area contributed by atoms with Crippen molar-refractivity contribution in [3.8, 4) is 6.07 Å². The van der Waals surface area contributed by atoms with Gasteiger partial charge in [0, 0.05) is 18.4 Å². The van der Waals surface area contributed by atoms with E-state index in [2.05, 4.69) is 26.6 Å². The number of carbonyl (C=O) groups is 2. The summed E-state index contributed by atoms with van der Waals surface area (Å²) in [5.74, 6) is -0.602. The van der Waals surface area contributed by atoms with Gasteiger partial charge in [-0.15, -0.1) is 0 Å². The van der Waals surface area contributed by atoms with E-state index in [1.54, 1.807) is 4.68 Å². The molecule has 0 aliphatic carbocycles. The number of nitrogens with zero attached hydrogens (tertiary/aromatic N) is 5. The molecule has 31 heavy (non-hydrogen) atoms. The largest absolute Gasteiger partial charge is 0.369 e. The molecule has 0 spiro atoms. The van der Waals surface area contributed by atoms with Gasteiger partial charge in [0.1, 0.15) is 6.04 Å². The zero-order chi connectivity index (χ0) is 22.6. The molecule has 2 aromatic heterocycles. The van der Waals surface area contributed by atoms with Gasteiger partial charge in [-0.3, -0.25) is 14.3 Å². The molecule has 1 atom stereocenters. The van der Waals surface area contributed by atoms with Gasteiger partial charge in [-0.25, -0.2) is 0 Å². The van der Waals surface area contributed by atoms with Crippen molar-refractivity contribution < 1.29 is 14.1 Å². The van der Waals surface area contributed by atoms with Gasteiger partial charge in [0.15, 0.2) is 11.5 Å². The zero-order valence-electron chi connectivity index (χ0n) is 17.8. The van der Waals surface area contributed by atoms with Crippen molar-refractivity contribution in [2.45, 2.75) is 52.6 Å². The predicted octanol–water partition coefficient (Wildman–Crippen LogP) is 2.27. The molecule has 2 amide bonds. The molecule has 0 bridgehead atoms. The number of amides is 2. The van der Waals surface area contributed by atoms with E-state index in [1.165, 1.54) is 0 Å². The number of para-hydroxylation sites is 1. The van der Waals surface area contributed by atoms with Gasteiger partial charge >= 0.3 is 0 Å². The van der Waals surface area contributed by atoms with Crippen molar-refractivity contribution in [2.75, 3.05) is 0 Å². The molecule has 0 aliphatic rings. The molecule has 2 heterocycles. The van der Waals surface area contributed by atoms with Crippen LogP contribution in [0.25, 0.3) is 10.9 Å². The first kappa shape index (κ1) is 22.0. The van der Waals surface area contributed by atoms with E-state index in [9.17, 15) is 9.59 Å². The smallest absolute Gasteiger partial charge is 0.273 e. The average Bonchev–Trinajstić information content (AvgIpc) is 3.30. The van der Waals surface area contributed by atoms with E-state index >= 15 is 0 Å². The van der Waals surface area contributed by atoms with Crippen molar-refractivity contribution in [1.29, 1.82) is 5.26 Å². The normalized spacial score (nSPS) is 12.5. The summed E-state index contributed by atoms with van der Waals surface area (Å²) >= 11 is 0. The highest BCUT2D eigenvalue weighted by Crippen LogP contribution is 2.32. The highest BCUT2D eigenvalue weighted by atomic mass is 16.5. The van der Waals surface area contributed by atoms with E-state index in [-0.39, 0.29) is 29.7 Å². The Hall–Kier alpha value is -3.74. The van der Waals surface area contributed by atoms with E-state index < -0.39 is 17.4 Å². The van der Waals surface area contributed by atoms with E-state index in [0.29, 0.717) is 24.8 Å². The Kier molecular flexibility index (Phi) is 6.34. The molecule has 3 rings (SSSR count). The first-order valence-corrected chi connectivity index (χ1v) is 9.95. The minimum atomic E-state index is -0.614. The van der Waals surface area contributed by atoms with Crippen LogP contribution in [0.15, 0.2) is 28.8 Å². The Morgan fingerprint density at radius 3 is 2.74 bits per heavy atom. The second-order valence-electron chi connectivity index (χ2n) is 8.31. The molecule has 0 aliphatic heterocycles. The summed E-state index contributed by atoms with van der Waals surface area (Å²) in [6, 6.07) is 8.95. The fourth-order valence-electron chi connectivity index (χ4n) is 3.23. The van der Waals surface area contributed by atoms with Crippen molar-refractivity contribution >= 4 is 22.7 Å². The molecule has 0 saturated carbocycles. The highest BCUT2D eigenvalue weighted by Gasteiger charge is 2.34. The Morgan fingerprint density at radius 1 is 1.32 bits per heavy atom. The number of benzene rings is 1. The van der Waals surface area contributed by atoms with Gasteiger partial charge in [-0.2, -0.15) is 15.3 Å². The van der Waals surface area contributed by atoms with Gasteiger partial charge in [0.25, 0.3) is 5.91 Å². The summed E-state index contributed by atoms with van der Waals surface area (Å²) in [5, 5.41) is 20.7. The van der Waals surface area contributed by atoms with Gasteiger partial charge in [-0.05, 0) is 17.9 Å². The summed E-state index contributed by atoms with van der Waals surface area (Å²) in [5.41, 5.74) is 5.83. The van der Waals surface area contributed by atoms with Crippen molar-refractivity contribution in [3.63, 3.8) is 0 Å². The van der Waals surface area contributed by atoms with Crippen LogP contribution in [0.2, 0.25) is 0 Å². The molecule has 3 aromatic rings. The molecule has 10 heteroatoms. The number of carbonyl (C=O) groups excluding carboxylic acids is 2. The minimum Gasteiger partial charge on any atom is -0.369 e. The number of primary amides is 1. The molecule has 1 unspecified atom stereocenters. The Bertz CT molecular complexity index is 1130. The SMILES string of the molecule is CC(C)(C)C(NC(=O)c1nn(CCCC#N)c2ccccc12)c1nc(CC(N)=O)no1. The van der Waals surface area contributed by atoms with Crippen LogP contribution in [0.1, 0.15) is 61.9 Å². The topological polar surface area (TPSA) is 153 Å². The standard InChI is InChI=1S/C21H25N7O3/c1-21(2,3)18(20-24-16(27-31-20)12-15(23)29)25-19(30)17-13-8-4-5-9-14(13)28(26-17)11-7-6-10-22/h4-5,8-9,18H,6-7,11-12H2,1-3H3,(H2,23,29)(H,25,30). The second kappa shape index (κ2) is 8.95. The maximum absolute atomic E-state index is 13.2. The predicted molar refractivity (Wildman–Crippen MR) is 111 cm³/mol. The van der Waals surface area contributed by atoms with E-state index in [1.807, 2.05) is 45.0 Å².